The van der Waals surface area contributed by atoms with E-state index >= 15 is 0 Å². The van der Waals surface area contributed by atoms with Gasteiger partial charge in [-0.3, -0.25) is 9.59 Å². The Morgan fingerprint density at radius 2 is 2.14 bits per heavy atom. The van der Waals surface area contributed by atoms with Crippen molar-refractivity contribution in [3.05, 3.63) is 50.6 Å². The molecule has 0 spiro atoms. The number of nitrogens with one attached hydrogen (secondary N) is 1. The zero-order valence-electron chi connectivity index (χ0n) is 10.9. The molecule has 0 saturated carbocycles. The van der Waals surface area contributed by atoms with Crippen LogP contribution in [0.15, 0.2) is 40.2 Å². The smallest absolute Gasteiger partial charge is 0.305 e. The fraction of sp³-hybridized carbons (Fsp3) is 0.143. The molecule has 1 amide bonds. The van der Waals surface area contributed by atoms with Crippen LogP contribution in [0.1, 0.15) is 27.7 Å². The van der Waals surface area contributed by atoms with Crippen molar-refractivity contribution in [2.24, 2.45) is 0 Å². The number of aliphatic carboxylic acids is 1. The van der Waals surface area contributed by atoms with Crippen LogP contribution in [0.5, 0.6) is 0 Å². The first-order chi connectivity index (χ1) is 9.97. The number of thiophene rings is 1. The van der Waals surface area contributed by atoms with Gasteiger partial charge in [-0.25, -0.2) is 0 Å². The van der Waals surface area contributed by atoms with Gasteiger partial charge in [0.05, 0.1) is 12.5 Å². The topological polar surface area (TPSA) is 92.4 Å². The third kappa shape index (κ3) is 4.05. The van der Waals surface area contributed by atoms with Crippen LogP contribution in [0.25, 0.3) is 0 Å². The van der Waals surface area contributed by atoms with Gasteiger partial charge in [-0.05, 0) is 45.6 Å². The molecule has 1 aromatic carbocycles. The number of carboxylic acids is 1. The summed E-state index contributed by atoms with van der Waals surface area (Å²) < 4.78 is 0.708. The number of rotatable bonds is 5. The summed E-state index contributed by atoms with van der Waals surface area (Å²) in [4.78, 5) is 24.0. The van der Waals surface area contributed by atoms with E-state index in [0.717, 1.165) is 4.88 Å². The van der Waals surface area contributed by atoms with Crippen LogP contribution in [-0.4, -0.2) is 17.0 Å². The number of nitrogen functional groups attached to an aromatic ring is 1. The number of hydrogen-bond donors (Lipinski definition) is 3. The van der Waals surface area contributed by atoms with Gasteiger partial charge in [-0.15, -0.1) is 11.3 Å². The van der Waals surface area contributed by atoms with E-state index in [1.165, 1.54) is 11.3 Å². The molecule has 1 heterocycles. The van der Waals surface area contributed by atoms with Crippen LogP contribution in [-0.2, 0) is 4.79 Å². The largest absolute Gasteiger partial charge is 0.481 e. The predicted octanol–water partition coefficient (Wildman–Crippen LogP) is 3.04. The minimum absolute atomic E-state index is 0.168. The van der Waals surface area contributed by atoms with Gasteiger partial charge in [0.2, 0.25) is 0 Å². The van der Waals surface area contributed by atoms with E-state index in [1.54, 1.807) is 24.3 Å². The molecule has 0 radical (unpaired) electrons. The van der Waals surface area contributed by atoms with E-state index in [-0.39, 0.29) is 12.3 Å². The van der Waals surface area contributed by atoms with E-state index in [4.69, 9.17) is 10.8 Å². The molecular formula is C14H13BrN2O3S. The summed E-state index contributed by atoms with van der Waals surface area (Å²) >= 11 is 4.67. The highest BCUT2D eigenvalue weighted by Gasteiger charge is 2.20. The third-order valence-corrected chi connectivity index (χ3v) is 4.54. The standard InChI is InChI=1S/C14H13BrN2O3S/c15-9-4-3-8(6-10(9)16)14(20)17-11(7-13(18)19)12-2-1-5-21-12/h1-6,11H,7,16H2,(H,17,20)(H,18,19). The normalized spacial score (nSPS) is 11.9. The van der Waals surface area contributed by atoms with Crippen molar-refractivity contribution >= 4 is 44.8 Å². The molecule has 21 heavy (non-hydrogen) atoms. The third-order valence-electron chi connectivity index (χ3n) is 2.83. The van der Waals surface area contributed by atoms with Crippen LogP contribution in [0.4, 0.5) is 5.69 Å². The molecule has 1 atom stereocenters. The average Bonchev–Trinajstić information content (AvgIpc) is 2.94. The van der Waals surface area contributed by atoms with E-state index in [0.29, 0.717) is 15.7 Å². The number of hydrogen-bond acceptors (Lipinski definition) is 4. The number of benzene rings is 1. The molecule has 0 aliphatic carbocycles. The molecule has 7 heteroatoms. The summed E-state index contributed by atoms with van der Waals surface area (Å²) in [5.41, 5.74) is 6.59. The second-order valence-electron chi connectivity index (χ2n) is 4.38. The lowest BCUT2D eigenvalue weighted by molar-refractivity contribution is -0.137. The van der Waals surface area contributed by atoms with Gasteiger partial charge in [0.15, 0.2) is 0 Å². The number of carboxylic acid groups (broad SMARTS) is 1. The first-order valence-electron chi connectivity index (χ1n) is 6.08. The monoisotopic (exact) mass is 368 g/mol. The molecule has 5 nitrogen and oxygen atoms in total. The van der Waals surface area contributed by atoms with E-state index in [1.807, 2.05) is 11.4 Å². The summed E-state index contributed by atoms with van der Waals surface area (Å²) in [5, 5.41) is 13.5. The fourth-order valence-electron chi connectivity index (χ4n) is 1.81. The van der Waals surface area contributed by atoms with Crippen molar-refractivity contribution in [3.8, 4) is 0 Å². The summed E-state index contributed by atoms with van der Waals surface area (Å²) in [6, 6.07) is 7.92. The second-order valence-corrected chi connectivity index (χ2v) is 6.21. The highest BCUT2D eigenvalue weighted by molar-refractivity contribution is 9.10. The Kier molecular flexibility index (Phi) is 4.98. The van der Waals surface area contributed by atoms with E-state index in [9.17, 15) is 9.59 Å². The Labute approximate surface area is 133 Å². The highest BCUT2D eigenvalue weighted by Crippen LogP contribution is 2.24. The lowest BCUT2D eigenvalue weighted by Crippen LogP contribution is -2.29. The lowest BCUT2D eigenvalue weighted by atomic mass is 10.1. The summed E-state index contributed by atoms with van der Waals surface area (Å²) in [5.74, 6) is -1.32. The molecule has 0 bridgehead atoms. The maximum Gasteiger partial charge on any atom is 0.305 e. The maximum atomic E-state index is 12.2. The number of amides is 1. The number of nitrogens with two attached hydrogens (primary N) is 1. The first kappa shape index (κ1) is 15.5. The van der Waals surface area contributed by atoms with Gasteiger partial charge in [-0.1, -0.05) is 6.07 Å². The summed E-state index contributed by atoms with van der Waals surface area (Å²) in [7, 11) is 0. The van der Waals surface area contributed by atoms with Crippen molar-refractivity contribution in [1.29, 1.82) is 0 Å². The molecule has 2 rings (SSSR count). The SMILES string of the molecule is Nc1cc(C(=O)NC(CC(=O)O)c2cccs2)ccc1Br. The second kappa shape index (κ2) is 6.73. The average molecular weight is 369 g/mol. The molecule has 0 aliphatic heterocycles. The fourth-order valence-corrected chi connectivity index (χ4v) is 2.84. The van der Waals surface area contributed by atoms with Crippen molar-refractivity contribution in [2.75, 3.05) is 5.73 Å². The summed E-state index contributed by atoms with van der Waals surface area (Å²) in [6.45, 7) is 0. The molecule has 2 aromatic rings. The van der Waals surface area contributed by atoms with Gasteiger partial charge < -0.3 is 16.2 Å². The van der Waals surface area contributed by atoms with Crippen LogP contribution < -0.4 is 11.1 Å². The first-order valence-corrected chi connectivity index (χ1v) is 7.75. The summed E-state index contributed by atoms with van der Waals surface area (Å²) in [6.07, 6.45) is -0.168. The van der Waals surface area contributed by atoms with Gasteiger partial charge in [0.1, 0.15) is 0 Å². The van der Waals surface area contributed by atoms with Crippen molar-refractivity contribution in [1.82, 2.24) is 5.32 Å². The molecule has 0 aliphatic rings. The van der Waals surface area contributed by atoms with Gasteiger partial charge in [-0.2, -0.15) is 0 Å². The Hall–Kier alpha value is -1.86. The molecule has 0 saturated heterocycles. The maximum absolute atomic E-state index is 12.2. The number of carbonyl (C=O) groups excluding carboxylic acids is 1. The molecule has 1 unspecified atom stereocenters. The van der Waals surface area contributed by atoms with Crippen LogP contribution in [0, 0.1) is 0 Å². The van der Waals surface area contributed by atoms with Gasteiger partial charge in [0, 0.05) is 20.6 Å². The Balaban J connectivity index is 2.17. The van der Waals surface area contributed by atoms with E-state index in [2.05, 4.69) is 21.2 Å². The quantitative estimate of drug-likeness (QED) is 0.707. The van der Waals surface area contributed by atoms with E-state index < -0.39 is 12.0 Å². The van der Waals surface area contributed by atoms with Crippen LogP contribution in [0.3, 0.4) is 0 Å². The van der Waals surface area contributed by atoms with Crippen LogP contribution in [0.2, 0.25) is 0 Å². The predicted molar refractivity (Wildman–Crippen MR) is 85.3 cm³/mol. The molecular weight excluding hydrogens is 356 g/mol. The molecule has 110 valence electrons. The van der Waals surface area contributed by atoms with Crippen molar-refractivity contribution < 1.29 is 14.7 Å². The van der Waals surface area contributed by atoms with Gasteiger partial charge >= 0.3 is 5.97 Å². The zero-order valence-corrected chi connectivity index (χ0v) is 13.3. The lowest BCUT2D eigenvalue weighted by Gasteiger charge is -2.16. The molecule has 1 aromatic heterocycles. The van der Waals surface area contributed by atoms with Crippen molar-refractivity contribution in [3.63, 3.8) is 0 Å². The number of carbonyl (C=O) groups is 2. The van der Waals surface area contributed by atoms with Crippen LogP contribution >= 0.6 is 27.3 Å². The molecule has 4 N–H and O–H groups in total. The number of halogens is 1. The Morgan fingerprint density at radius 1 is 1.38 bits per heavy atom. The van der Waals surface area contributed by atoms with Crippen molar-refractivity contribution in [2.45, 2.75) is 12.5 Å². The zero-order chi connectivity index (χ0) is 15.4. The minimum Gasteiger partial charge on any atom is -0.481 e. The Bertz CT molecular complexity index is 658. The highest BCUT2D eigenvalue weighted by atomic mass is 79.9. The van der Waals surface area contributed by atoms with Gasteiger partial charge in [0.25, 0.3) is 5.91 Å². The number of anilines is 1. The minimum atomic E-state index is -0.968. The molecule has 0 fully saturated rings. The Morgan fingerprint density at radius 3 is 2.71 bits per heavy atom.